The highest BCUT2D eigenvalue weighted by atomic mass is 79.9. The van der Waals surface area contributed by atoms with E-state index < -0.39 is 0 Å². The zero-order valence-electron chi connectivity index (χ0n) is 10.9. The van der Waals surface area contributed by atoms with Crippen LogP contribution < -0.4 is 5.73 Å². The molecule has 0 radical (unpaired) electrons. The van der Waals surface area contributed by atoms with Crippen molar-refractivity contribution in [2.24, 2.45) is 11.1 Å². The SMILES string of the molecule is COC(=O)CC1(CSc2ccc(Br)cc2CN)CC1. The Hall–Kier alpha value is -0.520. The van der Waals surface area contributed by atoms with Crippen molar-refractivity contribution in [1.82, 2.24) is 0 Å². The quantitative estimate of drug-likeness (QED) is 0.635. The number of benzene rings is 1. The van der Waals surface area contributed by atoms with E-state index in [0.29, 0.717) is 13.0 Å². The van der Waals surface area contributed by atoms with Gasteiger partial charge in [0.2, 0.25) is 0 Å². The first-order chi connectivity index (χ1) is 9.08. The van der Waals surface area contributed by atoms with Gasteiger partial charge in [0.05, 0.1) is 13.5 Å². The van der Waals surface area contributed by atoms with Gasteiger partial charge in [-0.3, -0.25) is 4.79 Å². The number of ether oxygens (including phenoxy) is 1. The Labute approximate surface area is 126 Å². The largest absolute Gasteiger partial charge is 0.469 e. The minimum absolute atomic E-state index is 0.104. The van der Waals surface area contributed by atoms with E-state index in [4.69, 9.17) is 10.5 Å². The Morgan fingerprint density at radius 3 is 2.84 bits per heavy atom. The van der Waals surface area contributed by atoms with Crippen molar-refractivity contribution >= 4 is 33.7 Å². The Balaban J connectivity index is 1.97. The molecule has 1 fully saturated rings. The molecule has 1 aromatic rings. The van der Waals surface area contributed by atoms with Crippen LogP contribution in [0.3, 0.4) is 0 Å². The van der Waals surface area contributed by atoms with Crippen molar-refractivity contribution < 1.29 is 9.53 Å². The molecule has 0 saturated heterocycles. The molecule has 0 aromatic heterocycles. The minimum Gasteiger partial charge on any atom is -0.469 e. The standard InChI is InChI=1S/C14H18BrNO2S/c1-18-13(17)7-14(4-5-14)9-19-12-3-2-11(15)6-10(12)8-16/h2-3,6H,4-5,7-9,16H2,1H3. The molecule has 0 unspecified atom stereocenters. The van der Waals surface area contributed by atoms with E-state index in [1.54, 1.807) is 11.8 Å². The molecule has 104 valence electrons. The number of halogens is 1. The van der Waals surface area contributed by atoms with E-state index in [-0.39, 0.29) is 11.4 Å². The van der Waals surface area contributed by atoms with Gasteiger partial charge in [0.25, 0.3) is 0 Å². The maximum Gasteiger partial charge on any atom is 0.306 e. The second kappa shape index (κ2) is 6.29. The zero-order chi connectivity index (χ0) is 13.9. The number of thioether (sulfide) groups is 1. The average molecular weight is 344 g/mol. The van der Waals surface area contributed by atoms with Crippen LogP contribution in [0.25, 0.3) is 0 Å². The molecule has 0 atom stereocenters. The molecule has 3 nitrogen and oxygen atoms in total. The molecular formula is C14H18BrNO2S. The maximum absolute atomic E-state index is 11.4. The molecule has 2 N–H and O–H groups in total. The number of carbonyl (C=O) groups is 1. The summed E-state index contributed by atoms with van der Waals surface area (Å²) in [6.07, 6.45) is 2.76. The number of hydrogen-bond acceptors (Lipinski definition) is 4. The molecule has 5 heteroatoms. The van der Waals surface area contributed by atoms with E-state index in [0.717, 1.165) is 28.6 Å². The van der Waals surface area contributed by atoms with Crippen LogP contribution in [0.15, 0.2) is 27.6 Å². The van der Waals surface area contributed by atoms with Crippen molar-refractivity contribution in [3.05, 3.63) is 28.2 Å². The zero-order valence-corrected chi connectivity index (χ0v) is 13.4. The van der Waals surface area contributed by atoms with Gasteiger partial charge in [-0.25, -0.2) is 0 Å². The molecule has 1 saturated carbocycles. The van der Waals surface area contributed by atoms with Crippen molar-refractivity contribution in [3.63, 3.8) is 0 Å². The Morgan fingerprint density at radius 2 is 2.26 bits per heavy atom. The fraction of sp³-hybridized carbons (Fsp3) is 0.500. The first-order valence-corrected chi connectivity index (χ1v) is 8.04. The second-order valence-electron chi connectivity index (χ2n) is 5.00. The lowest BCUT2D eigenvalue weighted by atomic mass is 10.1. The second-order valence-corrected chi connectivity index (χ2v) is 6.93. The topological polar surface area (TPSA) is 52.3 Å². The molecule has 0 aliphatic heterocycles. The number of esters is 1. The highest BCUT2D eigenvalue weighted by Crippen LogP contribution is 2.52. The van der Waals surface area contributed by atoms with Gasteiger partial charge in [-0.2, -0.15) is 0 Å². The highest BCUT2D eigenvalue weighted by molar-refractivity contribution is 9.10. The molecule has 0 heterocycles. The first-order valence-electron chi connectivity index (χ1n) is 6.27. The van der Waals surface area contributed by atoms with Crippen molar-refractivity contribution in [2.75, 3.05) is 12.9 Å². The normalized spacial score (nSPS) is 16.2. The van der Waals surface area contributed by atoms with Gasteiger partial charge in [-0.1, -0.05) is 15.9 Å². The van der Waals surface area contributed by atoms with E-state index in [9.17, 15) is 4.79 Å². The molecule has 1 aliphatic rings. The van der Waals surface area contributed by atoms with Crippen LogP contribution in [-0.2, 0) is 16.1 Å². The summed E-state index contributed by atoms with van der Waals surface area (Å²) < 4.78 is 5.81. The Kier molecular flexibility index (Phi) is 4.92. The number of methoxy groups -OCH3 is 1. The predicted molar refractivity (Wildman–Crippen MR) is 81.1 cm³/mol. The van der Waals surface area contributed by atoms with Crippen LogP contribution >= 0.6 is 27.7 Å². The van der Waals surface area contributed by atoms with E-state index in [2.05, 4.69) is 28.1 Å². The number of nitrogens with two attached hydrogens (primary N) is 1. The van der Waals surface area contributed by atoms with Gasteiger partial charge in [0.1, 0.15) is 0 Å². The third-order valence-electron chi connectivity index (χ3n) is 3.48. The molecule has 19 heavy (non-hydrogen) atoms. The lowest BCUT2D eigenvalue weighted by Crippen LogP contribution is -2.13. The molecule has 0 spiro atoms. The maximum atomic E-state index is 11.4. The summed E-state index contributed by atoms with van der Waals surface area (Å²) in [5.41, 5.74) is 7.06. The highest BCUT2D eigenvalue weighted by Gasteiger charge is 2.44. The van der Waals surface area contributed by atoms with E-state index in [1.165, 1.54) is 12.0 Å². The summed E-state index contributed by atoms with van der Waals surface area (Å²) in [4.78, 5) is 12.6. The van der Waals surface area contributed by atoms with Crippen molar-refractivity contribution in [1.29, 1.82) is 0 Å². The summed E-state index contributed by atoms with van der Waals surface area (Å²) in [5.74, 6) is 0.851. The molecule has 2 rings (SSSR count). The lowest BCUT2D eigenvalue weighted by molar-refractivity contribution is -0.141. The van der Waals surface area contributed by atoms with Crippen LogP contribution in [0, 0.1) is 5.41 Å². The van der Waals surface area contributed by atoms with Crippen LogP contribution in [0.1, 0.15) is 24.8 Å². The lowest BCUT2D eigenvalue weighted by Gasteiger charge is -2.14. The van der Waals surface area contributed by atoms with Crippen molar-refractivity contribution in [2.45, 2.75) is 30.7 Å². The first kappa shape index (κ1) is 14.9. The van der Waals surface area contributed by atoms with Gasteiger partial charge in [-0.05, 0) is 42.0 Å². The fourth-order valence-corrected chi connectivity index (χ4v) is 3.76. The summed E-state index contributed by atoms with van der Waals surface area (Å²) >= 11 is 5.25. The number of rotatable bonds is 6. The summed E-state index contributed by atoms with van der Waals surface area (Å²) in [7, 11) is 1.45. The fourth-order valence-electron chi connectivity index (χ4n) is 2.01. The molecule has 0 bridgehead atoms. The van der Waals surface area contributed by atoms with Gasteiger partial charge in [-0.15, -0.1) is 11.8 Å². The minimum atomic E-state index is -0.104. The van der Waals surface area contributed by atoms with Gasteiger partial charge < -0.3 is 10.5 Å². The molecule has 1 aliphatic carbocycles. The van der Waals surface area contributed by atoms with Gasteiger partial charge >= 0.3 is 5.97 Å². The van der Waals surface area contributed by atoms with Gasteiger partial charge in [0.15, 0.2) is 0 Å². The van der Waals surface area contributed by atoms with Crippen molar-refractivity contribution in [3.8, 4) is 0 Å². The van der Waals surface area contributed by atoms with Crippen LogP contribution in [-0.4, -0.2) is 18.8 Å². The average Bonchev–Trinajstić information content (AvgIpc) is 3.17. The van der Waals surface area contributed by atoms with E-state index in [1.807, 2.05) is 6.07 Å². The Morgan fingerprint density at radius 1 is 1.53 bits per heavy atom. The summed E-state index contributed by atoms with van der Waals surface area (Å²) in [6, 6.07) is 6.18. The molecule has 0 amide bonds. The summed E-state index contributed by atoms with van der Waals surface area (Å²) in [6.45, 7) is 0.534. The number of hydrogen-bond donors (Lipinski definition) is 1. The monoisotopic (exact) mass is 343 g/mol. The van der Waals surface area contributed by atoms with Gasteiger partial charge in [0, 0.05) is 21.7 Å². The van der Waals surface area contributed by atoms with Crippen LogP contribution in [0.5, 0.6) is 0 Å². The third kappa shape index (κ3) is 3.97. The van der Waals surface area contributed by atoms with Crippen LogP contribution in [0.4, 0.5) is 0 Å². The Bertz CT molecular complexity index is 475. The molecule has 1 aromatic carbocycles. The molecular weight excluding hydrogens is 326 g/mol. The summed E-state index contributed by atoms with van der Waals surface area (Å²) in [5, 5.41) is 0. The number of carbonyl (C=O) groups excluding carboxylic acids is 1. The smallest absolute Gasteiger partial charge is 0.306 e. The third-order valence-corrected chi connectivity index (χ3v) is 5.44. The van der Waals surface area contributed by atoms with E-state index >= 15 is 0 Å². The van der Waals surface area contributed by atoms with Crippen LogP contribution in [0.2, 0.25) is 0 Å². The predicted octanol–water partition coefficient (Wildman–Crippen LogP) is 3.34.